The Hall–Kier alpha value is -1.84. The minimum atomic E-state index is -0.787. The molecule has 1 heterocycles. The van der Waals surface area contributed by atoms with E-state index >= 15 is 0 Å². The summed E-state index contributed by atoms with van der Waals surface area (Å²) in [6, 6.07) is 9.53. The van der Waals surface area contributed by atoms with E-state index in [1.54, 1.807) is 6.92 Å². The van der Waals surface area contributed by atoms with E-state index < -0.39 is 5.60 Å². The smallest absolute Gasteiger partial charge is 0.314 e. The van der Waals surface area contributed by atoms with Gasteiger partial charge in [0, 0.05) is 0 Å². The van der Waals surface area contributed by atoms with Gasteiger partial charge in [0.05, 0.1) is 6.61 Å². The van der Waals surface area contributed by atoms with Crippen LogP contribution >= 0.6 is 0 Å². The van der Waals surface area contributed by atoms with Crippen LogP contribution in [0, 0.1) is 11.8 Å². The number of hydrogen-bond donors (Lipinski definition) is 0. The lowest BCUT2D eigenvalue weighted by Crippen LogP contribution is -2.56. The van der Waals surface area contributed by atoms with E-state index in [-0.39, 0.29) is 23.8 Å². The minimum Gasteiger partial charge on any atom is -0.466 e. The fourth-order valence-corrected chi connectivity index (χ4v) is 3.32. The first-order chi connectivity index (χ1) is 9.20. The number of fused-ring (bicyclic) bond motifs is 1. The van der Waals surface area contributed by atoms with Gasteiger partial charge in [0.2, 0.25) is 0 Å². The fourth-order valence-electron chi connectivity index (χ4n) is 3.32. The molecule has 1 aliphatic heterocycles. The second-order valence-electron chi connectivity index (χ2n) is 5.01. The normalized spacial score (nSPS) is 32.2. The van der Waals surface area contributed by atoms with E-state index in [4.69, 9.17) is 9.47 Å². The van der Waals surface area contributed by atoms with Gasteiger partial charge in [0.15, 0.2) is 5.60 Å². The monoisotopic (exact) mass is 260 g/mol. The van der Waals surface area contributed by atoms with Crippen molar-refractivity contribution >= 4 is 11.9 Å². The molecule has 0 unspecified atom stereocenters. The van der Waals surface area contributed by atoms with Crippen LogP contribution in [0.3, 0.4) is 0 Å². The van der Waals surface area contributed by atoms with E-state index in [1.807, 2.05) is 30.3 Å². The molecular weight excluding hydrogens is 244 g/mol. The number of hydrogen-bond acceptors (Lipinski definition) is 4. The van der Waals surface area contributed by atoms with Crippen LogP contribution in [0.4, 0.5) is 0 Å². The van der Waals surface area contributed by atoms with Crippen LogP contribution in [0.5, 0.6) is 0 Å². The van der Waals surface area contributed by atoms with Gasteiger partial charge < -0.3 is 9.47 Å². The zero-order valence-electron chi connectivity index (χ0n) is 10.8. The van der Waals surface area contributed by atoms with Gasteiger partial charge in [-0.15, -0.1) is 0 Å². The summed E-state index contributed by atoms with van der Waals surface area (Å²) in [6.45, 7) is 2.13. The van der Waals surface area contributed by atoms with E-state index in [0.717, 1.165) is 5.56 Å². The summed E-state index contributed by atoms with van der Waals surface area (Å²) in [5, 5.41) is 0. The maximum absolute atomic E-state index is 12.1. The van der Waals surface area contributed by atoms with E-state index in [9.17, 15) is 9.59 Å². The van der Waals surface area contributed by atoms with Gasteiger partial charge in [-0.05, 0) is 25.3 Å². The minimum absolute atomic E-state index is 0.198. The van der Waals surface area contributed by atoms with E-state index in [1.165, 1.54) is 0 Å². The highest BCUT2D eigenvalue weighted by Crippen LogP contribution is 2.58. The highest BCUT2D eigenvalue weighted by molar-refractivity contribution is 5.87. The molecule has 2 fully saturated rings. The first kappa shape index (κ1) is 12.2. The molecule has 0 bridgehead atoms. The van der Waals surface area contributed by atoms with Gasteiger partial charge in [-0.25, -0.2) is 0 Å². The highest BCUT2D eigenvalue weighted by atomic mass is 16.6. The molecule has 100 valence electrons. The van der Waals surface area contributed by atoms with Crippen LogP contribution in [0.25, 0.3) is 0 Å². The van der Waals surface area contributed by atoms with Crippen molar-refractivity contribution < 1.29 is 19.1 Å². The Labute approximate surface area is 111 Å². The third kappa shape index (κ3) is 1.59. The molecule has 3 rings (SSSR count). The number of carbonyl (C=O) groups excluding carboxylic acids is 2. The molecule has 0 spiro atoms. The molecule has 2 aliphatic rings. The molecule has 4 heteroatoms. The largest absolute Gasteiger partial charge is 0.466 e. The van der Waals surface area contributed by atoms with Crippen LogP contribution in [-0.2, 0) is 24.7 Å². The van der Waals surface area contributed by atoms with Crippen LogP contribution in [-0.4, -0.2) is 18.5 Å². The summed E-state index contributed by atoms with van der Waals surface area (Å²) >= 11 is 0. The fraction of sp³-hybridized carbons (Fsp3) is 0.467. The van der Waals surface area contributed by atoms with Crippen molar-refractivity contribution in [1.29, 1.82) is 0 Å². The molecule has 4 nitrogen and oxygen atoms in total. The molecule has 0 amide bonds. The lowest BCUT2D eigenvalue weighted by atomic mass is 9.74. The Morgan fingerprint density at radius 3 is 2.74 bits per heavy atom. The number of esters is 2. The summed E-state index contributed by atoms with van der Waals surface area (Å²) < 4.78 is 10.6. The zero-order valence-corrected chi connectivity index (χ0v) is 10.8. The molecule has 1 saturated carbocycles. The quantitative estimate of drug-likeness (QED) is 0.780. The lowest BCUT2D eigenvalue weighted by molar-refractivity contribution is -0.221. The van der Waals surface area contributed by atoms with Gasteiger partial charge in [0.25, 0.3) is 0 Å². The third-order valence-electron chi connectivity index (χ3n) is 4.13. The summed E-state index contributed by atoms with van der Waals surface area (Å²) in [5.74, 6) is -1.04. The van der Waals surface area contributed by atoms with Gasteiger partial charge in [-0.2, -0.15) is 0 Å². The topological polar surface area (TPSA) is 52.6 Å². The molecule has 0 aromatic heterocycles. The Morgan fingerprint density at radius 2 is 2.11 bits per heavy atom. The van der Waals surface area contributed by atoms with Crippen molar-refractivity contribution in [3.05, 3.63) is 35.9 Å². The summed E-state index contributed by atoms with van der Waals surface area (Å²) in [4.78, 5) is 23.7. The number of benzene rings is 1. The Morgan fingerprint density at radius 1 is 1.37 bits per heavy atom. The van der Waals surface area contributed by atoms with Crippen molar-refractivity contribution in [3.8, 4) is 0 Å². The summed E-state index contributed by atoms with van der Waals surface area (Å²) in [6.07, 6.45) is 1.33. The molecule has 1 aromatic carbocycles. The molecule has 3 atom stereocenters. The Bertz CT molecular complexity index is 510. The van der Waals surface area contributed by atoms with Crippen LogP contribution < -0.4 is 0 Å². The number of ether oxygens (including phenoxy) is 2. The van der Waals surface area contributed by atoms with Crippen molar-refractivity contribution in [3.63, 3.8) is 0 Å². The molecule has 1 aliphatic carbocycles. The Balaban J connectivity index is 1.99. The number of rotatable bonds is 3. The maximum atomic E-state index is 12.1. The third-order valence-corrected chi connectivity index (χ3v) is 4.13. The maximum Gasteiger partial charge on any atom is 0.314 e. The van der Waals surface area contributed by atoms with Crippen LogP contribution in [0.1, 0.15) is 25.3 Å². The first-order valence-corrected chi connectivity index (χ1v) is 6.65. The average molecular weight is 260 g/mol. The average Bonchev–Trinajstić information content (AvgIpc) is 2.73. The van der Waals surface area contributed by atoms with Gasteiger partial charge in [0.1, 0.15) is 11.8 Å². The standard InChI is InChI=1S/C15H16O4/c1-2-18-13(16)11-8-9-12-14(17)19-15(11,12)10-6-4-3-5-7-10/h3-7,11-12H,2,8-9H2,1H3/t11-,12-,15-/m0/s1. The zero-order chi connectivity index (χ0) is 13.5. The molecule has 19 heavy (non-hydrogen) atoms. The van der Waals surface area contributed by atoms with E-state index in [0.29, 0.717) is 19.4 Å². The van der Waals surface area contributed by atoms with Gasteiger partial charge in [-0.1, -0.05) is 30.3 Å². The van der Waals surface area contributed by atoms with Crippen molar-refractivity contribution in [2.24, 2.45) is 11.8 Å². The van der Waals surface area contributed by atoms with E-state index in [2.05, 4.69) is 0 Å². The molecule has 1 aromatic rings. The van der Waals surface area contributed by atoms with Crippen LogP contribution in [0.15, 0.2) is 30.3 Å². The summed E-state index contributed by atoms with van der Waals surface area (Å²) in [5.41, 5.74) is 0.111. The SMILES string of the molecule is CCOC(=O)[C@@H]1CC[C@H]2C(=O)O[C@@]12c1ccccc1. The predicted molar refractivity (Wildman–Crippen MR) is 67.1 cm³/mol. The highest BCUT2D eigenvalue weighted by Gasteiger charge is 2.67. The van der Waals surface area contributed by atoms with Crippen molar-refractivity contribution in [1.82, 2.24) is 0 Å². The van der Waals surface area contributed by atoms with Crippen LogP contribution in [0.2, 0.25) is 0 Å². The molecule has 0 radical (unpaired) electrons. The molecular formula is C15H16O4. The van der Waals surface area contributed by atoms with Crippen molar-refractivity contribution in [2.45, 2.75) is 25.4 Å². The summed E-state index contributed by atoms with van der Waals surface area (Å²) in [7, 11) is 0. The Kier molecular flexibility index (Phi) is 2.81. The number of carbonyl (C=O) groups is 2. The lowest BCUT2D eigenvalue weighted by Gasteiger charge is -2.46. The van der Waals surface area contributed by atoms with Crippen molar-refractivity contribution in [2.75, 3.05) is 6.61 Å². The van der Waals surface area contributed by atoms with Gasteiger partial charge in [-0.3, -0.25) is 9.59 Å². The predicted octanol–water partition coefficient (Wildman–Crippen LogP) is 2.03. The second kappa shape index (κ2) is 4.37. The second-order valence-corrected chi connectivity index (χ2v) is 5.01. The first-order valence-electron chi connectivity index (χ1n) is 6.65. The molecule has 1 saturated heterocycles. The molecule has 0 N–H and O–H groups in total. The van der Waals surface area contributed by atoms with Gasteiger partial charge >= 0.3 is 11.9 Å².